The molecule has 6 heteroatoms. The topological polar surface area (TPSA) is 52.0 Å². The second-order valence-electron chi connectivity index (χ2n) is 3.97. The van der Waals surface area contributed by atoms with E-state index < -0.39 is 10.0 Å². The van der Waals surface area contributed by atoms with Gasteiger partial charge >= 0.3 is 0 Å². The molecule has 3 aromatic rings. The van der Waals surface area contributed by atoms with E-state index in [1.807, 2.05) is 0 Å². The molecule has 96 valence electrons. The Hall–Kier alpha value is -1.85. The largest absolute Gasteiger partial charge is 0.268 e. The lowest BCUT2D eigenvalue weighted by Gasteiger charge is -2.07. The number of hydrogen-bond acceptors (Lipinski definition) is 3. The number of hydrogen-bond donors (Lipinski definition) is 0. The Balaban J connectivity index is 2.31. The average molecular weight is 293 g/mol. The van der Waals surface area contributed by atoms with Crippen LogP contribution >= 0.6 is 11.6 Å². The molecule has 2 aromatic heterocycles. The summed E-state index contributed by atoms with van der Waals surface area (Å²) >= 11 is 6.00. The van der Waals surface area contributed by atoms with Gasteiger partial charge in [-0.2, -0.15) is 0 Å². The molecule has 0 atom stereocenters. The highest BCUT2D eigenvalue weighted by Gasteiger charge is 2.20. The molecule has 0 saturated heterocycles. The summed E-state index contributed by atoms with van der Waals surface area (Å²) in [5, 5.41) is 0.904. The van der Waals surface area contributed by atoms with Gasteiger partial charge < -0.3 is 0 Å². The lowest BCUT2D eigenvalue weighted by atomic mass is 10.3. The van der Waals surface area contributed by atoms with Crippen molar-refractivity contribution >= 4 is 32.5 Å². The third kappa shape index (κ3) is 1.91. The van der Waals surface area contributed by atoms with Crippen LogP contribution in [0.15, 0.2) is 59.8 Å². The lowest BCUT2D eigenvalue weighted by Crippen LogP contribution is -2.11. The average Bonchev–Trinajstić information content (AvgIpc) is 2.86. The lowest BCUT2D eigenvalue weighted by molar-refractivity contribution is 0.589. The number of halogens is 1. The minimum atomic E-state index is -3.65. The quantitative estimate of drug-likeness (QED) is 0.682. The van der Waals surface area contributed by atoms with E-state index >= 15 is 0 Å². The minimum absolute atomic E-state index is 0.169. The van der Waals surface area contributed by atoms with Crippen LogP contribution in [0, 0.1) is 0 Å². The zero-order chi connectivity index (χ0) is 13.5. The zero-order valence-corrected chi connectivity index (χ0v) is 11.3. The first kappa shape index (κ1) is 12.2. The number of nitrogens with zero attached hydrogens (tertiary/aromatic N) is 2. The van der Waals surface area contributed by atoms with Gasteiger partial charge in [-0.25, -0.2) is 17.4 Å². The van der Waals surface area contributed by atoms with Crippen molar-refractivity contribution < 1.29 is 8.42 Å². The predicted molar refractivity (Wildman–Crippen MR) is 73.8 cm³/mol. The number of fused-ring (bicyclic) bond motifs is 1. The van der Waals surface area contributed by atoms with E-state index in [9.17, 15) is 8.42 Å². The van der Waals surface area contributed by atoms with Crippen molar-refractivity contribution in [1.29, 1.82) is 0 Å². The summed E-state index contributed by atoms with van der Waals surface area (Å²) < 4.78 is 26.2. The fourth-order valence-electron chi connectivity index (χ4n) is 1.92. The number of pyridine rings is 1. The van der Waals surface area contributed by atoms with Crippen molar-refractivity contribution in [3.05, 3.63) is 60.0 Å². The maximum absolute atomic E-state index is 12.5. The van der Waals surface area contributed by atoms with Crippen molar-refractivity contribution in [2.75, 3.05) is 0 Å². The monoisotopic (exact) mass is 292 g/mol. The maximum Gasteiger partial charge on any atom is 0.268 e. The molecule has 0 aliphatic carbocycles. The first-order chi connectivity index (χ1) is 9.10. The Kier molecular flexibility index (Phi) is 2.80. The molecular formula is C13H9ClN2O2S. The van der Waals surface area contributed by atoms with Gasteiger partial charge in [0.25, 0.3) is 10.0 Å². The summed E-state index contributed by atoms with van der Waals surface area (Å²) in [5.74, 6) is 0. The van der Waals surface area contributed by atoms with Crippen LogP contribution in [0.25, 0.3) is 10.9 Å². The third-order valence-corrected chi connectivity index (χ3v) is 4.79. The molecule has 0 unspecified atom stereocenters. The summed E-state index contributed by atoms with van der Waals surface area (Å²) in [4.78, 5) is 4.14. The Morgan fingerprint density at radius 2 is 1.79 bits per heavy atom. The Morgan fingerprint density at radius 1 is 1.05 bits per heavy atom. The van der Waals surface area contributed by atoms with E-state index in [4.69, 9.17) is 11.6 Å². The van der Waals surface area contributed by atoms with Crippen molar-refractivity contribution in [3.8, 4) is 0 Å². The summed E-state index contributed by atoms with van der Waals surface area (Å²) in [6, 6.07) is 11.6. The molecular weight excluding hydrogens is 284 g/mol. The standard InChI is InChI=1S/C13H9ClN2O2S/c14-13-12-10(6-8-15-13)7-9-16(12)19(17,18)11-4-2-1-3-5-11/h1-9H. The van der Waals surface area contributed by atoms with Crippen LogP contribution in [0.2, 0.25) is 5.15 Å². The molecule has 3 rings (SSSR count). The molecule has 0 saturated carbocycles. The molecule has 0 aliphatic heterocycles. The molecule has 0 spiro atoms. The minimum Gasteiger partial charge on any atom is -0.242 e. The number of rotatable bonds is 2. The van der Waals surface area contributed by atoms with Crippen molar-refractivity contribution in [3.63, 3.8) is 0 Å². The summed E-state index contributed by atoms with van der Waals surface area (Å²) in [6.45, 7) is 0. The molecule has 0 aliphatic rings. The van der Waals surface area contributed by atoms with Gasteiger partial charge in [-0.1, -0.05) is 29.8 Å². The van der Waals surface area contributed by atoms with E-state index in [-0.39, 0.29) is 10.0 Å². The molecule has 2 heterocycles. The second kappa shape index (κ2) is 4.36. The highest BCUT2D eigenvalue weighted by molar-refractivity contribution is 7.90. The van der Waals surface area contributed by atoms with E-state index in [1.165, 1.54) is 6.20 Å². The van der Waals surface area contributed by atoms with Crippen molar-refractivity contribution in [2.24, 2.45) is 0 Å². The van der Waals surface area contributed by atoms with Crippen LogP contribution in [0.5, 0.6) is 0 Å². The van der Waals surface area contributed by atoms with Crippen molar-refractivity contribution in [2.45, 2.75) is 4.90 Å². The van der Waals surface area contributed by atoms with Gasteiger partial charge in [0.1, 0.15) is 5.52 Å². The van der Waals surface area contributed by atoms with Crippen LogP contribution in [0.3, 0.4) is 0 Å². The predicted octanol–water partition coefficient (Wildman–Crippen LogP) is 2.93. The van der Waals surface area contributed by atoms with Gasteiger partial charge in [-0.3, -0.25) is 0 Å². The molecule has 0 fully saturated rings. The summed E-state index contributed by atoms with van der Waals surface area (Å²) in [7, 11) is -3.65. The highest BCUT2D eigenvalue weighted by atomic mass is 35.5. The summed E-state index contributed by atoms with van der Waals surface area (Å²) in [5.41, 5.74) is 0.396. The SMILES string of the molecule is O=S(=O)(c1ccccc1)n1ccc2ccnc(Cl)c21. The Labute approximate surface area is 115 Å². The smallest absolute Gasteiger partial charge is 0.242 e. The first-order valence-corrected chi connectivity index (χ1v) is 7.35. The molecule has 4 nitrogen and oxygen atoms in total. The highest BCUT2D eigenvalue weighted by Crippen LogP contribution is 2.26. The molecule has 0 bridgehead atoms. The Morgan fingerprint density at radius 3 is 2.53 bits per heavy atom. The van der Waals surface area contributed by atoms with Gasteiger partial charge in [0, 0.05) is 17.8 Å². The van der Waals surface area contributed by atoms with Gasteiger partial charge in [0.15, 0.2) is 5.15 Å². The molecule has 1 aromatic carbocycles. The number of benzene rings is 1. The fourth-order valence-corrected chi connectivity index (χ4v) is 3.61. The van der Waals surface area contributed by atoms with E-state index in [0.29, 0.717) is 5.52 Å². The number of aromatic nitrogens is 2. The molecule has 0 N–H and O–H groups in total. The van der Waals surface area contributed by atoms with Crippen LogP contribution in [-0.4, -0.2) is 17.4 Å². The summed E-state index contributed by atoms with van der Waals surface area (Å²) in [6.07, 6.45) is 3.03. The third-order valence-electron chi connectivity index (χ3n) is 2.82. The fraction of sp³-hybridized carbons (Fsp3) is 0. The van der Waals surface area contributed by atoms with Crippen molar-refractivity contribution in [1.82, 2.24) is 8.96 Å². The van der Waals surface area contributed by atoms with Crippen LogP contribution in [0.4, 0.5) is 0 Å². The van der Waals surface area contributed by atoms with Gasteiger partial charge in [0.2, 0.25) is 0 Å². The normalized spacial score (nSPS) is 11.8. The van der Waals surface area contributed by atoms with Crippen LogP contribution in [0.1, 0.15) is 0 Å². The second-order valence-corrected chi connectivity index (χ2v) is 6.14. The first-order valence-electron chi connectivity index (χ1n) is 5.53. The van der Waals surface area contributed by atoms with Gasteiger partial charge in [0.05, 0.1) is 4.90 Å². The van der Waals surface area contributed by atoms with Crippen LogP contribution < -0.4 is 0 Å². The van der Waals surface area contributed by atoms with E-state index in [2.05, 4.69) is 4.98 Å². The Bertz CT molecular complexity index is 841. The molecule has 19 heavy (non-hydrogen) atoms. The van der Waals surface area contributed by atoms with Gasteiger partial charge in [-0.15, -0.1) is 0 Å². The molecule has 0 amide bonds. The zero-order valence-electron chi connectivity index (χ0n) is 9.69. The van der Waals surface area contributed by atoms with E-state index in [1.54, 1.807) is 48.7 Å². The van der Waals surface area contributed by atoms with E-state index in [0.717, 1.165) is 9.36 Å². The molecule has 0 radical (unpaired) electrons. The van der Waals surface area contributed by atoms with Gasteiger partial charge in [-0.05, 0) is 24.3 Å². The van der Waals surface area contributed by atoms with Crippen LogP contribution in [-0.2, 0) is 10.0 Å². The maximum atomic E-state index is 12.5.